The molecule has 5 rings (SSSR count). The second-order valence-electron chi connectivity index (χ2n) is 11.9. The number of hydrogen-bond donors (Lipinski definition) is 4. The highest BCUT2D eigenvalue weighted by Gasteiger charge is 2.76. The molecule has 0 aromatic heterocycles. The summed E-state index contributed by atoms with van der Waals surface area (Å²) >= 11 is 0. The van der Waals surface area contributed by atoms with E-state index >= 15 is 0 Å². The minimum absolute atomic E-state index is 0.00226. The lowest BCUT2D eigenvalue weighted by molar-refractivity contribution is -0.332. The molecule has 8 nitrogen and oxygen atoms in total. The lowest BCUT2D eigenvalue weighted by atomic mass is 9.41. The molecule has 3 aliphatic carbocycles. The van der Waals surface area contributed by atoms with Gasteiger partial charge in [-0.2, -0.15) is 0 Å². The van der Waals surface area contributed by atoms with Crippen molar-refractivity contribution >= 4 is 11.8 Å². The summed E-state index contributed by atoms with van der Waals surface area (Å²) in [6.07, 6.45) is -4.67. The molecule has 3 fully saturated rings. The third-order valence-electron chi connectivity index (χ3n) is 9.94. The Morgan fingerprint density at radius 2 is 1.75 bits per heavy atom. The summed E-state index contributed by atoms with van der Waals surface area (Å²) in [6, 6.07) is 9.18. The molecule has 1 aromatic carbocycles. The smallest absolute Gasteiger partial charge is 0.303 e. The van der Waals surface area contributed by atoms with E-state index in [1.807, 2.05) is 30.3 Å². The van der Waals surface area contributed by atoms with Gasteiger partial charge >= 0.3 is 5.97 Å². The van der Waals surface area contributed by atoms with E-state index in [2.05, 4.69) is 0 Å². The first-order chi connectivity index (χ1) is 16.7. The average Bonchev–Trinajstić information content (AvgIpc) is 2.80. The van der Waals surface area contributed by atoms with E-state index in [-0.39, 0.29) is 25.0 Å². The minimum atomic E-state index is -1.68. The van der Waals surface area contributed by atoms with Gasteiger partial charge in [0.1, 0.15) is 12.2 Å². The Balaban J connectivity index is 1.90. The van der Waals surface area contributed by atoms with Gasteiger partial charge in [0.2, 0.25) is 0 Å². The molecule has 0 spiro atoms. The number of benzene rings is 1. The van der Waals surface area contributed by atoms with Crippen LogP contribution in [0.15, 0.2) is 41.5 Å². The number of esters is 1. The number of hydrogen-bond acceptors (Lipinski definition) is 8. The molecule has 9 atom stereocenters. The first kappa shape index (κ1) is 25.5. The van der Waals surface area contributed by atoms with Gasteiger partial charge in [-0.3, -0.25) is 9.59 Å². The number of aliphatic hydroxyl groups excluding tert-OH is 3. The Labute approximate surface area is 210 Å². The summed E-state index contributed by atoms with van der Waals surface area (Å²) in [5, 5.41) is 47.0. The van der Waals surface area contributed by atoms with Gasteiger partial charge in [0.15, 0.2) is 11.4 Å². The molecule has 0 unspecified atom stereocenters. The standard InChI is InChI=1S/C28H36O8/c1-14-17(30)12-28(34)21(16-9-7-6-8-10-16)23-26(5,24(33)22(32)20(14)25(28,3)4)18(31)11-19-27(23,13-35-19)36-15(2)29/h6-10,17-19,21-23,30-32,34H,11-13H2,1-5H3/t17-,18-,19+,21-,22+,23-,26+,27-,28+/m0/s1. The lowest BCUT2D eigenvalue weighted by Gasteiger charge is -2.68. The molecule has 2 saturated carbocycles. The van der Waals surface area contributed by atoms with Gasteiger partial charge in [-0.1, -0.05) is 44.2 Å². The normalized spacial score (nSPS) is 45.5. The number of carbonyl (C=O) groups is 2. The summed E-state index contributed by atoms with van der Waals surface area (Å²) in [5.74, 6) is -2.97. The SMILES string of the molecule is CC(=O)O[C@@]12CO[C@@H]1C[C@H](O)[C@@]1(C)C(=O)[C@H](O)C3=C(C)[C@@H](O)C[C@@](O)([C@@H](c4ccccc4)[C@H]21)C3(C)C. The highest BCUT2D eigenvalue weighted by molar-refractivity contribution is 5.93. The Hall–Kier alpha value is -2.10. The van der Waals surface area contributed by atoms with Crippen molar-refractivity contribution < 1.29 is 39.5 Å². The maximum atomic E-state index is 14.3. The highest BCUT2D eigenvalue weighted by Crippen LogP contribution is 2.67. The quantitative estimate of drug-likeness (QED) is 0.356. The molecule has 0 amide bonds. The predicted molar refractivity (Wildman–Crippen MR) is 129 cm³/mol. The van der Waals surface area contributed by atoms with Crippen LogP contribution in [0, 0.1) is 16.7 Å². The molecule has 36 heavy (non-hydrogen) atoms. The van der Waals surface area contributed by atoms with Crippen molar-refractivity contribution in [3.63, 3.8) is 0 Å². The molecule has 0 radical (unpaired) electrons. The molecule has 8 heteroatoms. The van der Waals surface area contributed by atoms with Crippen LogP contribution in [0.2, 0.25) is 0 Å². The topological polar surface area (TPSA) is 134 Å². The van der Waals surface area contributed by atoms with Crippen LogP contribution >= 0.6 is 0 Å². The van der Waals surface area contributed by atoms with Crippen LogP contribution in [0.1, 0.15) is 58.9 Å². The van der Waals surface area contributed by atoms with Gasteiger partial charge in [0, 0.05) is 37.0 Å². The zero-order valence-corrected chi connectivity index (χ0v) is 21.4. The maximum Gasteiger partial charge on any atom is 0.303 e. The first-order valence-electron chi connectivity index (χ1n) is 12.6. The van der Waals surface area contributed by atoms with Gasteiger partial charge in [0.25, 0.3) is 0 Å². The van der Waals surface area contributed by atoms with E-state index in [9.17, 15) is 30.0 Å². The van der Waals surface area contributed by atoms with Crippen molar-refractivity contribution in [1.82, 2.24) is 0 Å². The van der Waals surface area contributed by atoms with E-state index in [4.69, 9.17) is 9.47 Å². The van der Waals surface area contributed by atoms with Gasteiger partial charge in [-0.15, -0.1) is 0 Å². The van der Waals surface area contributed by atoms with Crippen LogP contribution in [0.4, 0.5) is 0 Å². The monoisotopic (exact) mass is 500 g/mol. The van der Waals surface area contributed by atoms with Gasteiger partial charge in [-0.25, -0.2) is 0 Å². The van der Waals surface area contributed by atoms with Gasteiger partial charge in [0.05, 0.1) is 29.8 Å². The molecular formula is C28H36O8. The van der Waals surface area contributed by atoms with Crippen molar-refractivity contribution in [2.45, 2.75) is 89.0 Å². The third-order valence-corrected chi connectivity index (χ3v) is 9.94. The average molecular weight is 501 g/mol. The molecule has 1 aliphatic heterocycles. The second-order valence-corrected chi connectivity index (χ2v) is 11.9. The van der Waals surface area contributed by atoms with Crippen LogP contribution in [0.25, 0.3) is 0 Å². The Morgan fingerprint density at radius 3 is 2.31 bits per heavy atom. The van der Waals surface area contributed by atoms with Gasteiger partial charge < -0.3 is 29.9 Å². The number of fused-ring (bicyclic) bond motifs is 5. The molecular weight excluding hydrogens is 464 g/mol. The summed E-state index contributed by atoms with van der Waals surface area (Å²) in [6.45, 7) is 8.12. The number of rotatable bonds is 2. The van der Waals surface area contributed by atoms with Crippen molar-refractivity contribution in [2.24, 2.45) is 16.7 Å². The van der Waals surface area contributed by atoms with Crippen LogP contribution in [0.5, 0.6) is 0 Å². The molecule has 1 heterocycles. The zero-order chi connectivity index (χ0) is 26.4. The number of ether oxygens (including phenoxy) is 2. The highest BCUT2D eigenvalue weighted by atomic mass is 16.6. The lowest BCUT2D eigenvalue weighted by Crippen LogP contribution is -2.79. The Morgan fingerprint density at radius 1 is 1.11 bits per heavy atom. The zero-order valence-electron chi connectivity index (χ0n) is 21.4. The summed E-state index contributed by atoms with van der Waals surface area (Å²) in [7, 11) is 0. The molecule has 4 N–H and O–H groups in total. The minimum Gasteiger partial charge on any atom is -0.454 e. The van der Waals surface area contributed by atoms with E-state index in [1.165, 1.54) is 6.92 Å². The van der Waals surface area contributed by atoms with Crippen LogP contribution in [0.3, 0.4) is 0 Å². The number of aliphatic hydroxyl groups is 4. The summed E-state index contributed by atoms with van der Waals surface area (Å²) < 4.78 is 11.8. The van der Waals surface area contributed by atoms with E-state index in [1.54, 1.807) is 27.7 Å². The van der Waals surface area contributed by atoms with Crippen molar-refractivity contribution in [2.75, 3.05) is 6.61 Å². The van der Waals surface area contributed by atoms with Crippen molar-refractivity contribution in [1.29, 1.82) is 0 Å². The molecule has 4 aliphatic rings. The van der Waals surface area contributed by atoms with Crippen LogP contribution < -0.4 is 0 Å². The maximum absolute atomic E-state index is 14.3. The molecule has 1 saturated heterocycles. The number of carbonyl (C=O) groups excluding carboxylic acids is 2. The van der Waals surface area contributed by atoms with Gasteiger partial charge in [-0.05, 0) is 30.6 Å². The van der Waals surface area contributed by atoms with Crippen molar-refractivity contribution in [3.05, 3.63) is 47.0 Å². The molecule has 2 bridgehead atoms. The van der Waals surface area contributed by atoms with E-state index < -0.39 is 70.0 Å². The number of Topliss-reactive ketones (excluding diaryl/α,β-unsaturated/α-hetero) is 1. The molecule has 1 aromatic rings. The fourth-order valence-electron chi connectivity index (χ4n) is 7.97. The van der Waals surface area contributed by atoms with Crippen molar-refractivity contribution in [3.8, 4) is 0 Å². The largest absolute Gasteiger partial charge is 0.454 e. The Bertz CT molecular complexity index is 1130. The summed E-state index contributed by atoms with van der Waals surface area (Å²) in [5.41, 5.74) is -4.31. The Kier molecular flexibility index (Phi) is 5.64. The number of ketones is 1. The second kappa shape index (κ2) is 7.95. The summed E-state index contributed by atoms with van der Waals surface area (Å²) in [4.78, 5) is 26.7. The van der Waals surface area contributed by atoms with Crippen LogP contribution in [-0.2, 0) is 19.1 Å². The first-order valence-corrected chi connectivity index (χ1v) is 12.6. The fraction of sp³-hybridized carbons (Fsp3) is 0.643. The van der Waals surface area contributed by atoms with E-state index in [0.717, 1.165) is 0 Å². The predicted octanol–water partition coefficient (Wildman–Crippen LogP) is 1.64. The third kappa shape index (κ3) is 2.99. The van der Waals surface area contributed by atoms with Crippen LogP contribution in [-0.4, -0.2) is 74.4 Å². The van der Waals surface area contributed by atoms with E-state index in [0.29, 0.717) is 11.1 Å². The fourth-order valence-corrected chi connectivity index (χ4v) is 7.97. The molecule has 196 valence electrons.